The summed E-state index contributed by atoms with van der Waals surface area (Å²) in [5, 5.41) is 2.77. The van der Waals surface area contributed by atoms with Gasteiger partial charge in [0.15, 0.2) is 11.5 Å². The number of hydrogen-bond donors (Lipinski definition) is 1. The summed E-state index contributed by atoms with van der Waals surface area (Å²) in [6.07, 6.45) is 0.567. The third-order valence-electron chi connectivity index (χ3n) is 4.26. The average Bonchev–Trinajstić information content (AvgIpc) is 2.72. The molecule has 2 aromatic rings. The van der Waals surface area contributed by atoms with E-state index in [2.05, 4.69) is 5.32 Å². The number of rotatable bonds is 10. The average molecular weight is 422 g/mol. The molecule has 29 heavy (non-hydrogen) atoms. The Balaban J connectivity index is 2.02. The molecule has 9 heteroatoms. The molecule has 0 aromatic heterocycles. The predicted octanol–water partition coefficient (Wildman–Crippen LogP) is 1.68. The van der Waals surface area contributed by atoms with Crippen LogP contribution in [0.4, 0.5) is 5.69 Å². The predicted molar refractivity (Wildman–Crippen MR) is 113 cm³/mol. The zero-order chi connectivity index (χ0) is 21.4. The summed E-state index contributed by atoms with van der Waals surface area (Å²) in [7, 11) is 2.19. The van der Waals surface area contributed by atoms with Gasteiger partial charge in [0.2, 0.25) is 5.91 Å². The molecule has 0 saturated heterocycles. The summed E-state index contributed by atoms with van der Waals surface area (Å²) in [5.41, 5.74) is 1.39. The number of hydrogen-bond acceptors (Lipinski definition) is 5. The molecule has 158 valence electrons. The molecule has 0 radical (unpaired) electrons. The Hall–Kier alpha value is -2.78. The maximum Gasteiger partial charge on any atom is 0.304 e. The van der Waals surface area contributed by atoms with Crippen LogP contribution in [-0.2, 0) is 21.4 Å². The summed E-state index contributed by atoms with van der Waals surface area (Å²) in [6.45, 7) is 0.0510. The summed E-state index contributed by atoms with van der Waals surface area (Å²) in [6, 6.07) is 14.1. The summed E-state index contributed by atoms with van der Waals surface area (Å²) in [5.74, 6) is 0.857. The molecular weight excluding hydrogens is 394 g/mol. The molecule has 0 saturated carbocycles. The maximum atomic E-state index is 12.6. The van der Waals surface area contributed by atoms with Gasteiger partial charge in [-0.15, -0.1) is 0 Å². The van der Waals surface area contributed by atoms with E-state index in [1.807, 2.05) is 12.1 Å². The second kappa shape index (κ2) is 10.1. The van der Waals surface area contributed by atoms with Crippen molar-refractivity contribution in [3.8, 4) is 11.5 Å². The van der Waals surface area contributed by atoms with E-state index in [1.165, 1.54) is 14.1 Å². The molecule has 1 amide bonds. The Labute approximate surface area is 172 Å². The number of carbonyl (C=O) groups is 1. The van der Waals surface area contributed by atoms with Gasteiger partial charge in [-0.2, -0.15) is 12.7 Å². The minimum absolute atomic E-state index is 0.309. The molecule has 0 atom stereocenters. The number of ether oxygens (including phenoxy) is 2. The first-order valence-electron chi connectivity index (χ1n) is 9.02. The van der Waals surface area contributed by atoms with Gasteiger partial charge < -0.3 is 14.8 Å². The smallest absolute Gasteiger partial charge is 0.304 e. The van der Waals surface area contributed by atoms with E-state index in [9.17, 15) is 13.2 Å². The zero-order valence-corrected chi connectivity index (χ0v) is 17.9. The maximum absolute atomic E-state index is 12.6. The van der Waals surface area contributed by atoms with Gasteiger partial charge in [-0.05, 0) is 36.2 Å². The van der Waals surface area contributed by atoms with Crippen LogP contribution in [0.15, 0.2) is 48.5 Å². The second-order valence-corrected chi connectivity index (χ2v) is 8.49. The van der Waals surface area contributed by atoms with Crippen molar-refractivity contribution in [1.82, 2.24) is 9.62 Å². The Bertz CT molecular complexity index is 917. The lowest BCUT2D eigenvalue weighted by molar-refractivity contribution is -0.119. The van der Waals surface area contributed by atoms with E-state index >= 15 is 0 Å². The SMILES string of the molecule is COc1ccc(CCNC(=O)CN(c2ccccc2)S(=O)(=O)N(C)C)cc1OC. The number of para-hydroxylation sites is 1. The van der Waals surface area contributed by atoms with Crippen molar-refractivity contribution in [2.75, 3.05) is 45.7 Å². The summed E-state index contributed by atoms with van der Waals surface area (Å²) >= 11 is 0. The topological polar surface area (TPSA) is 88.2 Å². The Morgan fingerprint density at radius 2 is 1.66 bits per heavy atom. The first-order valence-corrected chi connectivity index (χ1v) is 10.4. The van der Waals surface area contributed by atoms with E-state index in [1.54, 1.807) is 50.6 Å². The fourth-order valence-corrected chi connectivity index (χ4v) is 3.73. The number of methoxy groups -OCH3 is 2. The molecule has 0 aliphatic heterocycles. The molecule has 0 unspecified atom stereocenters. The lowest BCUT2D eigenvalue weighted by atomic mass is 10.1. The highest BCUT2D eigenvalue weighted by atomic mass is 32.2. The molecule has 2 rings (SSSR count). The summed E-state index contributed by atoms with van der Waals surface area (Å²) < 4.78 is 37.9. The van der Waals surface area contributed by atoms with E-state index in [4.69, 9.17) is 9.47 Å². The fourth-order valence-electron chi connectivity index (χ4n) is 2.67. The van der Waals surface area contributed by atoms with Crippen molar-refractivity contribution in [3.63, 3.8) is 0 Å². The van der Waals surface area contributed by atoms with Crippen LogP contribution in [0.25, 0.3) is 0 Å². The molecule has 0 fully saturated rings. The van der Waals surface area contributed by atoms with Crippen LogP contribution in [0.3, 0.4) is 0 Å². The molecule has 0 aliphatic rings. The van der Waals surface area contributed by atoms with Crippen molar-refractivity contribution in [1.29, 1.82) is 0 Å². The van der Waals surface area contributed by atoms with Gasteiger partial charge >= 0.3 is 10.2 Å². The number of anilines is 1. The van der Waals surface area contributed by atoms with Crippen LogP contribution in [0.5, 0.6) is 11.5 Å². The van der Waals surface area contributed by atoms with Gasteiger partial charge in [0, 0.05) is 20.6 Å². The number of nitrogens with one attached hydrogen (secondary N) is 1. The van der Waals surface area contributed by atoms with E-state index < -0.39 is 10.2 Å². The number of nitrogens with zero attached hydrogens (tertiary/aromatic N) is 2. The molecule has 8 nitrogen and oxygen atoms in total. The van der Waals surface area contributed by atoms with Crippen molar-refractivity contribution in [3.05, 3.63) is 54.1 Å². The number of amides is 1. The van der Waals surface area contributed by atoms with Crippen molar-refractivity contribution < 1.29 is 22.7 Å². The highest BCUT2D eigenvalue weighted by molar-refractivity contribution is 7.90. The standard InChI is InChI=1S/C20H27N3O5S/c1-22(2)29(25,26)23(17-8-6-5-7-9-17)15-20(24)21-13-12-16-10-11-18(27-3)19(14-16)28-4/h5-11,14H,12-13,15H2,1-4H3,(H,21,24). The number of carbonyl (C=O) groups excluding carboxylic acids is 1. The van der Waals surface area contributed by atoms with Crippen LogP contribution in [0, 0.1) is 0 Å². The molecule has 1 N–H and O–H groups in total. The molecular formula is C20H27N3O5S. The molecule has 0 heterocycles. The monoisotopic (exact) mass is 421 g/mol. The zero-order valence-electron chi connectivity index (χ0n) is 17.1. The van der Waals surface area contributed by atoms with Gasteiger partial charge in [-0.25, -0.2) is 4.31 Å². The number of benzene rings is 2. The highest BCUT2D eigenvalue weighted by Crippen LogP contribution is 2.27. The normalized spacial score (nSPS) is 11.2. The van der Waals surface area contributed by atoms with Gasteiger partial charge in [0.25, 0.3) is 0 Å². The molecule has 0 spiro atoms. The minimum Gasteiger partial charge on any atom is -0.493 e. The third kappa shape index (κ3) is 5.85. The minimum atomic E-state index is -3.81. The van der Waals surface area contributed by atoms with E-state index in [0.717, 1.165) is 14.2 Å². The lowest BCUT2D eigenvalue weighted by Crippen LogP contribution is -2.46. The van der Waals surface area contributed by atoms with E-state index in [0.29, 0.717) is 30.2 Å². The van der Waals surface area contributed by atoms with Crippen molar-refractivity contribution in [2.45, 2.75) is 6.42 Å². The van der Waals surface area contributed by atoms with Gasteiger partial charge in [0.05, 0.1) is 19.9 Å². The quantitative estimate of drug-likeness (QED) is 0.631. The molecule has 2 aromatic carbocycles. The largest absolute Gasteiger partial charge is 0.493 e. The third-order valence-corrected chi connectivity index (χ3v) is 6.07. The first-order chi connectivity index (χ1) is 13.8. The van der Waals surface area contributed by atoms with Crippen LogP contribution in [0.2, 0.25) is 0 Å². The van der Waals surface area contributed by atoms with Crippen LogP contribution >= 0.6 is 0 Å². The Kier molecular flexibility index (Phi) is 7.86. The first kappa shape index (κ1) is 22.5. The van der Waals surface area contributed by atoms with Crippen molar-refractivity contribution in [2.24, 2.45) is 0 Å². The second-order valence-electron chi connectivity index (χ2n) is 6.42. The Morgan fingerprint density at radius 1 is 1.00 bits per heavy atom. The summed E-state index contributed by atoms with van der Waals surface area (Å²) in [4.78, 5) is 12.4. The van der Waals surface area contributed by atoms with Gasteiger partial charge in [-0.1, -0.05) is 24.3 Å². The lowest BCUT2D eigenvalue weighted by Gasteiger charge is -2.26. The van der Waals surface area contributed by atoms with E-state index in [-0.39, 0.29) is 12.5 Å². The molecule has 0 aliphatic carbocycles. The molecule has 0 bridgehead atoms. The van der Waals surface area contributed by atoms with Gasteiger partial charge in [-0.3, -0.25) is 4.79 Å². The van der Waals surface area contributed by atoms with Crippen LogP contribution < -0.4 is 19.1 Å². The Morgan fingerprint density at radius 3 is 2.24 bits per heavy atom. The van der Waals surface area contributed by atoms with Gasteiger partial charge in [0.1, 0.15) is 6.54 Å². The fraction of sp³-hybridized carbons (Fsp3) is 0.350. The van der Waals surface area contributed by atoms with Crippen LogP contribution in [-0.4, -0.2) is 60.0 Å². The van der Waals surface area contributed by atoms with Crippen molar-refractivity contribution >= 4 is 21.8 Å². The van der Waals surface area contributed by atoms with Crippen LogP contribution in [0.1, 0.15) is 5.56 Å². The highest BCUT2D eigenvalue weighted by Gasteiger charge is 2.26.